The number of urea groups is 1. The van der Waals surface area contributed by atoms with Gasteiger partial charge < -0.3 is 25.4 Å². The van der Waals surface area contributed by atoms with Crippen molar-refractivity contribution in [3.05, 3.63) is 23.8 Å². The van der Waals surface area contributed by atoms with E-state index in [-0.39, 0.29) is 23.6 Å². The third-order valence-electron chi connectivity index (χ3n) is 5.10. The van der Waals surface area contributed by atoms with Crippen molar-refractivity contribution in [1.82, 2.24) is 16.0 Å². The van der Waals surface area contributed by atoms with Crippen LogP contribution in [-0.2, 0) is 0 Å². The van der Waals surface area contributed by atoms with Crippen LogP contribution < -0.4 is 25.4 Å². The Labute approximate surface area is 175 Å². The van der Waals surface area contributed by atoms with E-state index in [2.05, 4.69) is 16.0 Å². The molecule has 0 heterocycles. The summed E-state index contributed by atoms with van der Waals surface area (Å²) < 4.78 is 46.9. The maximum Gasteiger partial charge on any atom is 0.422 e. The molecule has 30 heavy (non-hydrogen) atoms. The van der Waals surface area contributed by atoms with Crippen molar-refractivity contribution < 1.29 is 27.4 Å². The van der Waals surface area contributed by atoms with E-state index in [1.165, 1.54) is 45.3 Å². The van der Waals surface area contributed by atoms with E-state index in [1.807, 2.05) is 0 Å². The summed E-state index contributed by atoms with van der Waals surface area (Å²) in [5, 5.41) is 9.18. The van der Waals surface area contributed by atoms with Crippen LogP contribution >= 0.6 is 0 Å². The minimum absolute atomic E-state index is 0.000641. The van der Waals surface area contributed by atoms with Gasteiger partial charge in [0.1, 0.15) is 0 Å². The van der Waals surface area contributed by atoms with Crippen LogP contribution in [0.25, 0.3) is 0 Å². The lowest BCUT2D eigenvalue weighted by Crippen LogP contribution is -2.39. The van der Waals surface area contributed by atoms with Crippen molar-refractivity contribution >= 4 is 6.03 Å². The second-order valence-electron chi connectivity index (χ2n) is 7.58. The van der Waals surface area contributed by atoms with Crippen LogP contribution in [0, 0.1) is 0 Å². The number of methoxy groups -OCH3 is 1. The highest BCUT2D eigenvalue weighted by molar-refractivity contribution is 5.74. The number of hydrogen-bond donors (Lipinski definition) is 3. The van der Waals surface area contributed by atoms with E-state index in [1.54, 1.807) is 19.1 Å². The number of amides is 2. The normalized spacial score (nSPS) is 16.0. The largest absolute Gasteiger partial charge is 0.493 e. The summed E-state index contributed by atoms with van der Waals surface area (Å²) in [5.74, 6) is 0.181. The maximum absolute atomic E-state index is 12.3. The van der Waals surface area contributed by atoms with Crippen molar-refractivity contribution in [2.75, 3.05) is 26.8 Å². The van der Waals surface area contributed by atoms with Gasteiger partial charge in [-0.1, -0.05) is 25.3 Å². The molecule has 0 bridgehead atoms. The quantitative estimate of drug-likeness (QED) is 0.483. The van der Waals surface area contributed by atoms with E-state index in [4.69, 9.17) is 9.47 Å². The number of benzene rings is 1. The predicted molar refractivity (Wildman–Crippen MR) is 109 cm³/mol. The molecule has 0 aliphatic heterocycles. The summed E-state index contributed by atoms with van der Waals surface area (Å²) in [5.41, 5.74) is 0.695. The molecule has 1 saturated carbocycles. The number of halogens is 3. The fourth-order valence-corrected chi connectivity index (χ4v) is 3.47. The Morgan fingerprint density at radius 2 is 1.90 bits per heavy atom. The summed E-state index contributed by atoms with van der Waals surface area (Å²) >= 11 is 0. The molecule has 2 amide bonds. The SMILES string of the molecule is COc1cc([C@H](C)NC(=O)NCCCNC2CCCCC2)ccc1OCC(F)(F)F. The summed E-state index contributed by atoms with van der Waals surface area (Å²) in [7, 11) is 1.35. The molecule has 170 valence electrons. The molecular formula is C21H32F3N3O3. The third-order valence-corrected chi connectivity index (χ3v) is 5.10. The van der Waals surface area contributed by atoms with E-state index in [0.717, 1.165) is 13.0 Å². The Morgan fingerprint density at radius 3 is 2.57 bits per heavy atom. The molecule has 9 heteroatoms. The molecule has 1 aliphatic rings. The fraction of sp³-hybridized carbons (Fsp3) is 0.667. The van der Waals surface area contributed by atoms with Crippen molar-refractivity contribution in [1.29, 1.82) is 0 Å². The van der Waals surface area contributed by atoms with Gasteiger partial charge in [-0.05, 0) is 50.4 Å². The lowest BCUT2D eigenvalue weighted by molar-refractivity contribution is -0.153. The molecule has 6 nitrogen and oxygen atoms in total. The number of ether oxygens (including phenoxy) is 2. The number of hydrogen-bond acceptors (Lipinski definition) is 4. The predicted octanol–water partition coefficient (Wildman–Crippen LogP) is 4.31. The van der Waals surface area contributed by atoms with Gasteiger partial charge in [-0.25, -0.2) is 4.79 Å². The summed E-state index contributed by atoms with van der Waals surface area (Å²) in [4.78, 5) is 12.1. The van der Waals surface area contributed by atoms with Crippen molar-refractivity contribution in [3.63, 3.8) is 0 Å². The minimum Gasteiger partial charge on any atom is -0.493 e. The number of alkyl halides is 3. The van der Waals surface area contributed by atoms with Crippen LogP contribution in [0.1, 0.15) is 57.1 Å². The number of nitrogens with one attached hydrogen (secondary N) is 3. The maximum atomic E-state index is 12.3. The van der Waals surface area contributed by atoms with Gasteiger partial charge in [0.2, 0.25) is 0 Å². The molecule has 0 spiro atoms. The van der Waals surface area contributed by atoms with Gasteiger partial charge in [-0.2, -0.15) is 13.2 Å². The van der Waals surface area contributed by atoms with Gasteiger partial charge in [0.05, 0.1) is 13.2 Å². The van der Waals surface area contributed by atoms with Crippen LogP contribution in [0.4, 0.5) is 18.0 Å². The van der Waals surface area contributed by atoms with E-state index < -0.39 is 12.8 Å². The van der Waals surface area contributed by atoms with E-state index >= 15 is 0 Å². The zero-order chi connectivity index (χ0) is 22.0. The Hall–Kier alpha value is -2.16. The second kappa shape index (κ2) is 11.9. The van der Waals surface area contributed by atoms with Gasteiger partial charge in [0.25, 0.3) is 0 Å². The molecule has 3 N–H and O–H groups in total. The van der Waals surface area contributed by atoms with Crippen LogP contribution in [0.5, 0.6) is 11.5 Å². The Balaban J connectivity index is 1.73. The molecular weight excluding hydrogens is 399 g/mol. The molecule has 1 aliphatic carbocycles. The molecule has 2 rings (SSSR count). The molecule has 1 fully saturated rings. The van der Waals surface area contributed by atoms with Gasteiger partial charge in [-0.3, -0.25) is 0 Å². The molecule has 1 atom stereocenters. The van der Waals surface area contributed by atoms with Crippen LogP contribution in [0.2, 0.25) is 0 Å². The summed E-state index contributed by atoms with van der Waals surface area (Å²) in [6, 6.07) is 4.53. The second-order valence-corrected chi connectivity index (χ2v) is 7.58. The van der Waals surface area contributed by atoms with Gasteiger partial charge >= 0.3 is 12.2 Å². The number of carbonyl (C=O) groups excluding carboxylic acids is 1. The molecule has 0 aromatic heterocycles. The van der Waals surface area contributed by atoms with Crippen LogP contribution in [0.3, 0.4) is 0 Å². The first-order chi connectivity index (χ1) is 14.3. The Bertz CT molecular complexity index is 665. The highest BCUT2D eigenvalue weighted by Crippen LogP contribution is 2.31. The summed E-state index contributed by atoms with van der Waals surface area (Å²) in [6.45, 7) is 1.83. The Morgan fingerprint density at radius 1 is 1.17 bits per heavy atom. The highest BCUT2D eigenvalue weighted by Gasteiger charge is 2.29. The van der Waals surface area contributed by atoms with E-state index in [0.29, 0.717) is 18.2 Å². The molecule has 1 aromatic rings. The number of carbonyl (C=O) groups is 1. The van der Waals surface area contributed by atoms with Crippen molar-refractivity contribution in [2.45, 2.75) is 63.7 Å². The van der Waals surface area contributed by atoms with Gasteiger partial charge in [0.15, 0.2) is 18.1 Å². The standard InChI is InChI=1S/C21H32F3N3O3/c1-15(16-9-10-18(19(13-16)29-2)30-14-21(22,23)24)27-20(28)26-12-6-11-25-17-7-4-3-5-8-17/h9-10,13,15,17,25H,3-8,11-12,14H2,1-2H3,(H2,26,27,28)/t15-/m0/s1. The minimum atomic E-state index is -4.43. The first-order valence-corrected chi connectivity index (χ1v) is 10.4. The highest BCUT2D eigenvalue weighted by atomic mass is 19.4. The van der Waals surface area contributed by atoms with Crippen molar-refractivity contribution in [2.24, 2.45) is 0 Å². The molecule has 0 radical (unpaired) electrons. The lowest BCUT2D eigenvalue weighted by Gasteiger charge is -2.22. The third kappa shape index (κ3) is 8.69. The van der Waals surface area contributed by atoms with Crippen LogP contribution in [-0.4, -0.2) is 45.1 Å². The zero-order valence-corrected chi connectivity index (χ0v) is 17.6. The summed E-state index contributed by atoms with van der Waals surface area (Å²) in [6.07, 6.45) is 2.78. The molecule has 0 saturated heterocycles. The Kier molecular flexibility index (Phi) is 9.55. The van der Waals surface area contributed by atoms with Crippen molar-refractivity contribution in [3.8, 4) is 11.5 Å². The first-order valence-electron chi connectivity index (χ1n) is 10.4. The lowest BCUT2D eigenvalue weighted by atomic mass is 9.95. The smallest absolute Gasteiger partial charge is 0.422 e. The fourth-order valence-electron chi connectivity index (χ4n) is 3.47. The average Bonchev–Trinajstić information content (AvgIpc) is 2.72. The monoisotopic (exact) mass is 431 g/mol. The van der Waals surface area contributed by atoms with Gasteiger partial charge in [-0.15, -0.1) is 0 Å². The van der Waals surface area contributed by atoms with Gasteiger partial charge in [0, 0.05) is 12.6 Å². The first kappa shape index (κ1) is 24.1. The van der Waals surface area contributed by atoms with E-state index in [9.17, 15) is 18.0 Å². The average molecular weight is 431 g/mol. The topological polar surface area (TPSA) is 71.6 Å². The number of rotatable bonds is 10. The molecule has 0 unspecified atom stereocenters. The zero-order valence-electron chi connectivity index (χ0n) is 17.6. The van der Waals surface area contributed by atoms with Crippen LogP contribution in [0.15, 0.2) is 18.2 Å². The molecule has 1 aromatic carbocycles.